The summed E-state index contributed by atoms with van der Waals surface area (Å²) >= 11 is 0. The molecule has 1 aliphatic rings. The van der Waals surface area contributed by atoms with Gasteiger partial charge < -0.3 is 16.0 Å². The van der Waals surface area contributed by atoms with Crippen LogP contribution in [0.15, 0.2) is 30.3 Å². The van der Waals surface area contributed by atoms with Crippen molar-refractivity contribution in [3.05, 3.63) is 35.9 Å². The average Bonchev–Trinajstić information content (AvgIpc) is 3.03. The van der Waals surface area contributed by atoms with E-state index in [1.54, 1.807) is 0 Å². The quantitative estimate of drug-likeness (QED) is 0.714. The first-order valence-corrected chi connectivity index (χ1v) is 8.05. The second-order valence-corrected chi connectivity index (χ2v) is 5.82. The van der Waals surface area contributed by atoms with Gasteiger partial charge in [-0.05, 0) is 57.3 Å². The molecular weight excluding hydrogens is 262 g/mol. The van der Waals surface area contributed by atoms with E-state index in [4.69, 9.17) is 5.73 Å². The molecule has 1 aromatic carbocycles. The zero-order chi connectivity index (χ0) is 14.9. The highest BCUT2D eigenvalue weighted by molar-refractivity contribution is 5.81. The number of rotatable bonds is 8. The third kappa shape index (κ3) is 5.86. The van der Waals surface area contributed by atoms with Gasteiger partial charge in [0.2, 0.25) is 5.91 Å². The number of carbonyl (C=O) groups excluding carboxylic acids is 1. The second-order valence-electron chi connectivity index (χ2n) is 5.82. The maximum atomic E-state index is 11.9. The minimum absolute atomic E-state index is 0.0210. The van der Waals surface area contributed by atoms with Gasteiger partial charge in [-0.3, -0.25) is 4.79 Å². The van der Waals surface area contributed by atoms with Gasteiger partial charge in [-0.1, -0.05) is 30.3 Å². The Balaban J connectivity index is 1.56. The van der Waals surface area contributed by atoms with Crippen LogP contribution in [0.25, 0.3) is 0 Å². The Morgan fingerprint density at radius 2 is 1.95 bits per heavy atom. The van der Waals surface area contributed by atoms with Crippen molar-refractivity contribution in [1.29, 1.82) is 0 Å². The standard InChI is InChI=1S/C17H27N3O/c18-16(10-9-15-7-2-1-3-8-15)17(21)19-11-6-14-20-12-4-5-13-20/h1-3,7-8,16H,4-6,9-14,18H2,(H,19,21)/t16-/m0/s1. The zero-order valence-corrected chi connectivity index (χ0v) is 12.8. The van der Waals surface area contributed by atoms with Gasteiger partial charge in [0.1, 0.15) is 0 Å². The minimum atomic E-state index is -0.406. The maximum Gasteiger partial charge on any atom is 0.236 e. The molecule has 0 unspecified atom stereocenters. The van der Waals surface area contributed by atoms with E-state index in [1.165, 1.54) is 31.5 Å². The molecule has 3 N–H and O–H groups in total. The van der Waals surface area contributed by atoms with Crippen LogP contribution in [0, 0.1) is 0 Å². The molecule has 1 saturated heterocycles. The van der Waals surface area contributed by atoms with Gasteiger partial charge in [-0.2, -0.15) is 0 Å². The summed E-state index contributed by atoms with van der Waals surface area (Å²) in [5, 5.41) is 2.95. The number of nitrogens with zero attached hydrogens (tertiary/aromatic N) is 1. The summed E-state index contributed by atoms with van der Waals surface area (Å²) in [5.74, 6) is -0.0210. The number of nitrogens with two attached hydrogens (primary N) is 1. The van der Waals surface area contributed by atoms with Crippen LogP contribution in [0.2, 0.25) is 0 Å². The van der Waals surface area contributed by atoms with Crippen molar-refractivity contribution in [3.63, 3.8) is 0 Å². The molecule has 1 amide bonds. The number of benzene rings is 1. The third-order valence-electron chi connectivity index (χ3n) is 4.07. The number of nitrogens with one attached hydrogen (secondary N) is 1. The molecule has 2 rings (SSSR count). The van der Waals surface area contributed by atoms with Crippen LogP contribution < -0.4 is 11.1 Å². The van der Waals surface area contributed by atoms with E-state index in [0.717, 1.165) is 25.9 Å². The number of carbonyl (C=O) groups is 1. The summed E-state index contributed by atoms with van der Waals surface area (Å²) in [4.78, 5) is 14.4. The largest absolute Gasteiger partial charge is 0.355 e. The lowest BCUT2D eigenvalue weighted by molar-refractivity contribution is -0.122. The SMILES string of the molecule is N[C@@H](CCc1ccccc1)C(=O)NCCCN1CCCC1. The topological polar surface area (TPSA) is 58.4 Å². The van der Waals surface area contributed by atoms with E-state index >= 15 is 0 Å². The molecule has 0 aromatic heterocycles. The molecule has 1 fully saturated rings. The molecule has 116 valence electrons. The predicted molar refractivity (Wildman–Crippen MR) is 86.0 cm³/mol. The fraction of sp³-hybridized carbons (Fsp3) is 0.588. The lowest BCUT2D eigenvalue weighted by atomic mass is 10.1. The molecule has 1 heterocycles. The minimum Gasteiger partial charge on any atom is -0.355 e. The Kier molecular flexibility index (Phi) is 6.70. The summed E-state index contributed by atoms with van der Waals surface area (Å²) in [6.07, 6.45) is 5.19. The lowest BCUT2D eigenvalue weighted by Gasteiger charge is -2.15. The van der Waals surface area contributed by atoms with Crippen molar-refractivity contribution in [1.82, 2.24) is 10.2 Å². The monoisotopic (exact) mass is 289 g/mol. The number of aryl methyl sites for hydroxylation is 1. The molecular formula is C17H27N3O. The third-order valence-corrected chi connectivity index (χ3v) is 4.07. The zero-order valence-electron chi connectivity index (χ0n) is 12.8. The Hall–Kier alpha value is -1.39. The maximum absolute atomic E-state index is 11.9. The molecule has 0 bridgehead atoms. The van der Waals surface area contributed by atoms with Gasteiger partial charge in [0.25, 0.3) is 0 Å². The predicted octanol–water partition coefficient (Wildman–Crippen LogP) is 1.55. The van der Waals surface area contributed by atoms with Crippen LogP contribution in [-0.4, -0.2) is 43.0 Å². The van der Waals surface area contributed by atoms with Gasteiger partial charge in [-0.25, -0.2) is 0 Å². The van der Waals surface area contributed by atoms with Crippen molar-refractivity contribution in [2.75, 3.05) is 26.2 Å². The molecule has 0 spiro atoms. The van der Waals surface area contributed by atoms with Crippen molar-refractivity contribution in [2.45, 2.75) is 38.1 Å². The van der Waals surface area contributed by atoms with Crippen LogP contribution in [0.1, 0.15) is 31.2 Å². The molecule has 1 aromatic rings. The summed E-state index contributed by atoms with van der Waals surface area (Å²) in [6, 6.07) is 9.76. The van der Waals surface area contributed by atoms with Crippen LogP contribution in [0.3, 0.4) is 0 Å². The average molecular weight is 289 g/mol. The second kappa shape index (κ2) is 8.80. The fourth-order valence-electron chi connectivity index (χ4n) is 2.75. The first-order valence-electron chi connectivity index (χ1n) is 8.05. The number of likely N-dealkylation sites (tertiary alicyclic amines) is 1. The van der Waals surface area contributed by atoms with E-state index in [2.05, 4.69) is 22.3 Å². The molecule has 1 aliphatic heterocycles. The van der Waals surface area contributed by atoms with Crippen LogP contribution in [0.5, 0.6) is 0 Å². The lowest BCUT2D eigenvalue weighted by Crippen LogP contribution is -2.41. The Bertz CT molecular complexity index is 415. The van der Waals surface area contributed by atoms with Crippen molar-refractivity contribution in [3.8, 4) is 0 Å². The number of hydrogen-bond acceptors (Lipinski definition) is 3. The van der Waals surface area contributed by atoms with Crippen LogP contribution >= 0.6 is 0 Å². The van der Waals surface area contributed by atoms with Gasteiger partial charge >= 0.3 is 0 Å². The van der Waals surface area contributed by atoms with E-state index in [-0.39, 0.29) is 5.91 Å². The fourth-order valence-corrected chi connectivity index (χ4v) is 2.75. The summed E-state index contributed by atoms with van der Waals surface area (Å²) < 4.78 is 0. The molecule has 4 heteroatoms. The van der Waals surface area contributed by atoms with Gasteiger partial charge in [-0.15, -0.1) is 0 Å². The summed E-state index contributed by atoms with van der Waals surface area (Å²) in [7, 11) is 0. The van der Waals surface area contributed by atoms with Crippen molar-refractivity contribution >= 4 is 5.91 Å². The smallest absolute Gasteiger partial charge is 0.236 e. The van der Waals surface area contributed by atoms with E-state index in [1.807, 2.05) is 18.2 Å². The van der Waals surface area contributed by atoms with Crippen LogP contribution in [0.4, 0.5) is 0 Å². The molecule has 21 heavy (non-hydrogen) atoms. The Labute approximate surface area is 127 Å². The van der Waals surface area contributed by atoms with Gasteiger partial charge in [0.05, 0.1) is 6.04 Å². The number of hydrogen-bond donors (Lipinski definition) is 2. The first kappa shape index (κ1) is 16.0. The highest BCUT2D eigenvalue weighted by Gasteiger charge is 2.14. The highest BCUT2D eigenvalue weighted by atomic mass is 16.2. The Morgan fingerprint density at radius 3 is 2.67 bits per heavy atom. The normalized spacial score (nSPS) is 16.8. The molecule has 1 atom stereocenters. The van der Waals surface area contributed by atoms with E-state index in [0.29, 0.717) is 6.42 Å². The Morgan fingerprint density at radius 1 is 1.24 bits per heavy atom. The molecule has 0 saturated carbocycles. The summed E-state index contributed by atoms with van der Waals surface area (Å²) in [6.45, 7) is 4.24. The van der Waals surface area contributed by atoms with E-state index < -0.39 is 6.04 Å². The molecule has 4 nitrogen and oxygen atoms in total. The first-order chi connectivity index (χ1) is 10.3. The van der Waals surface area contributed by atoms with Crippen molar-refractivity contribution in [2.24, 2.45) is 5.73 Å². The molecule has 0 aliphatic carbocycles. The van der Waals surface area contributed by atoms with Gasteiger partial charge in [0.15, 0.2) is 0 Å². The molecule has 0 radical (unpaired) electrons. The summed E-state index contributed by atoms with van der Waals surface area (Å²) in [5.41, 5.74) is 7.18. The van der Waals surface area contributed by atoms with E-state index in [9.17, 15) is 4.79 Å². The van der Waals surface area contributed by atoms with Crippen LogP contribution in [-0.2, 0) is 11.2 Å². The van der Waals surface area contributed by atoms with Crippen molar-refractivity contribution < 1.29 is 4.79 Å². The number of amides is 1. The highest BCUT2D eigenvalue weighted by Crippen LogP contribution is 2.07. The van der Waals surface area contributed by atoms with Gasteiger partial charge in [0, 0.05) is 6.54 Å².